The molecule has 1 aliphatic rings. The molecular weight excluding hydrogens is 380 g/mol. The van der Waals surface area contributed by atoms with Gasteiger partial charge in [0.15, 0.2) is 16.6 Å². The maximum absolute atomic E-state index is 12.3. The molecule has 0 atom stereocenters. The van der Waals surface area contributed by atoms with Crippen LogP contribution in [0.3, 0.4) is 0 Å². The summed E-state index contributed by atoms with van der Waals surface area (Å²) in [5.41, 5.74) is 1.27. The standard InChI is InChI=1S/C16H19BrN2O3S/c1-4-19-15(20)12(18-16(19)23)8-10-7-11(17)14(22-6-3)13(9-10)21-5-2/h7-9H,4-6H2,1-3H3,(H,18,23). The molecule has 1 heterocycles. The van der Waals surface area contributed by atoms with Crippen molar-refractivity contribution in [3.8, 4) is 11.5 Å². The number of thiocarbonyl (C=S) groups is 1. The lowest BCUT2D eigenvalue weighted by Gasteiger charge is -2.13. The molecule has 0 radical (unpaired) electrons. The second-order valence-corrected chi connectivity index (χ2v) is 5.97. The smallest absolute Gasteiger partial charge is 0.276 e. The molecule has 0 aliphatic carbocycles. The maximum Gasteiger partial charge on any atom is 0.276 e. The Bertz CT molecular complexity index is 661. The SMILES string of the molecule is CCOc1cc(C=C2NC(=S)N(CC)C2=O)cc(Br)c1OCC. The number of rotatable bonds is 6. The highest BCUT2D eigenvalue weighted by atomic mass is 79.9. The maximum atomic E-state index is 12.3. The van der Waals surface area contributed by atoms with E-state index in [0.29, 0.717) is 42.1 Å². The Hall–Kier alpha value is -1.60. The Morgan fingerprint density at radius 1 is 1.26 bits per heavy atom. The van der Waals surface area contributed by atoms with Crippen molar-refractivity contribution in [3.63, 3.8) is 0 Å². The highest BCUT2D eigenvalue weighted by molar-refractivity contribution is 9.10. The number of hydrogen-bond donors (Lipinski definition) is 1. The summed E-state index contributed by atoms with van der Waals surface area (Å²) in [7, 11) is 0. The third-order valence-electron chi connectivity index (χ3n) is 3.21. The molecule has 0 spiro atoms. The molecule has 1 aromatic rings. The van der Waals surface area contributed by atoms with Crippen LogP contribution in [0.15, 0.2) is 22.3 Å². The number of halogens is 1. The first-order chi connectivity index (χ1) is 11.0. The Morgan fingerprint density at radius 3 is 2.52 bits per heavy atom. The number of benzene rings is 1. The van der Waals surface area contributed by atoms with Crippen LogP contribution in [0.1, 0.15) is 26.3 Å². The Kier molecular flexibility index (Phi) is 6.01. The zero-order valence-electron chi connectivity index (χ0n) is 13.3. The first kappa shape index (κ1) is 17.7. The minimum Gasteiger partial charge on any atom is -0.490 e. The number of carbonyl (C=O) groups is 1. The fraction of sp³-hybridized carbons (Fsp3) is 0.375. The van der Waals surface area contributed by atoms with Gasteiger partial charge in [0.05, 0.1) is 17.7 Å². The van der Waals surface area contributed by atoms with Crippen LogP contribution in [0.5, 0.6) is 11.5 Å². The first-order valence-corrected chi connectivity index (χ1v) is 8.65. The molecule has 1 aliphatic heterocycles. The van der Waals surface area contributed by atoms with Gasteiger partial charge in [-0.05, 0) is 72.7 Å². The fourth-order valence-electron chi connectivity index (χ4n) is 2.24. The van der Waals surface area contributed by atoms with E-state index in [1.165, 1.54) is 4.90 Å². The largest absolute Gasteiger partial charge is 0.490 e. The molecule has 0 aromatic heterocycles. The quantitative estimate of drug-likeness (QED) is 0.588. The molecular formula is C16H19BrN2O3S. The molecule has 1 saturated heterocycles. The van der Waals surface area contributed by atoms with E-state index in [9.17, 15) is 4.79 Å². The van der Waals surface area contributed by atoms with Crippen LogP contribution < -0.4 is 14.8 Å². The number of nitrogens with one attached hydrogen (secondary N) is 1. The third-order valence-corrected chi connectivity index (χ3v) is 4.12. The van der Waals surface area contributed by atoms with E-state index in [-0.39, 0.29) is 5.91 Å². The van der Waals surface area contributed by atoms with Crippen LogP contribution in [0, 0.1) is 0 Å². The highest BCUT2D eigenvalue weighted by Crippen LogP contribution is 2.37. The lowest BCUT2D eigenvalue weighted by atomic mass is 10.1. The van der Waals surface area contributed by atoms with Gasteiger partial charge in [-0.3, -0.25) is 9.69 Å². The van der Waals surface area contributed by atoms with Crippen molar-refractivity contribution in [3.05, 3.63) is 27.9 Å². The molecule has 0 bridgehead atoms. The van der Waals surface area contributed by atoms with Crippen molar-refractivity contribution < 1.29 is 14.3 Å². The average molecular weight is 399 g/mol. The van der Waals surface area contributed by atoms with E-state index in [4.69, 9.17) is 21.7 Å². The number of likely N-dealkylation sites (N-methyl/N-ethyl adjacent to an activating group) is 1. The molecule has 7 heteroatoms. The molecule has 2 rings (SSSR count). The minimum atomic E-state index is -0.125. The molecule has 5 nitrogen and oxygen atoms in total. The molecule has 0 saturated carbocycles. The predicted molar refractivity (Wildman–Crippen MR) is 97.6 cm³/mol. The first-order valence-electron chi connectivity index (χ1n) is 7.45. The average Bonchev–Trinajstić information content (AvgIpc) is 2.77. The number of amides is 1. The zero-order chi connectivity index (χ0) is 17.0. The normalized spacial score (nSPS) is 16.0. The van der Waals surface area contributed by atoms with Gasteiger partial charge >= 0.3 is 0 Å². The lowest BCUT2D eigenvalue weighted by Crippen LogP contribution is -2.30. The summed E-state index contributed by atoms with van der Waals surface area (Å²) < 4.78 is 12.0. The molecule has 1 fully saturated rings. The Morgan fingerprint density at radius 2 is 1.96 bits per heavy atom. The van der Waals surface area contributed by atoms with Crippen molar-refractivity contribution >= 4 is 45.2 Å². The number of hydrogen-bond acceptors (Lipinski definition) is 4. The number of carbonyl (C=O) groups excluding carboxylic acids is 1. The third kappa shape index (κ3) is 3.84. The molecule has 1 N–H and O–H groups in total. The highest BCUT2D eigenvalue weighted by Gasteiger charge is 2.29. The van der Waals surface area contributed by atoms with Gasteiger partial charge < -0.3 is 14.8 Å². The lowest BCUT2D eigenvalue weighted by molar-refractivity contribution is -0.122. The summed E-state index contributed by atoms with van der Waals surface area (Å²) in [5, 5.41) is 3.37. The number of nitrogens with zero attached hydrogens (tertiary/aromatic N) is 1. The van der Waals surface area contributed by atoms with E-state index >= 15 is 0 Å². The van der Waals surface area contributed by atoms with Gasteiger partial charge in [0.25, 0.3) is 5.91 Å². The molecule has 1 aromatic carbocycles. The monoisotopic (exact) mass is 398 g/mol. The Balaban J connectivity index is 2.39. The topological polar surface area (TPSA) is 50.8 Å². The van der Waals surface area contributed by atoms with Crippen LogP contribution in [-0.4, -0.2) is 35.7 Å². The summed E-state index contributed by atoms with van der Waals surface area (Å²) >= 11 is 8.65. The van der Waals surface area contributed by atoms with Crippen LogP contribution in [-0.2, 0) is 4.79 Å². The van der Waals surface area contributed by atoms with Crippen LogP contribution in [0.4, 0.5) is 0 Å². The van der Waals surface area contributed by atoms with Gasteiger partial charge in [-0.2, -0.15) is 0 Å². The van der Waals surface area contributed by atoms with Gasteiger partial charge in [-0.25, -0.2) is 0 Å². The Labute approximate surface area is 149 Å². The second kappa shape index (κ2) is 7.79. The number of ether oxygens (including phenoxy) is 2. The van der Waals surface area contributed by atoms with Crippen LogP contribution in [0.25, 0.3) is 6.08 Å². The summed E-state index contributed by atoms with van der Waals surface area (Å²) in [6.45, 7) is 7.32. The fourth-order valence-corrected chi connectivity index (χ4v) is 3.14. The predicted octanol–water partition coefficient (Wildman–Crippen LogP) is 3.32. The van der Waals surface area contributed by atoms with Crippen molar-refractivity contribution in [1.82, 2.24) is 10.2 Å². The van der Waals surface area contributed by atoms with Crippen molar-refractivity contribution in [2.24, 2.45) is 0 Å². The summed E-state index contributed by atoms with van der Waals surface area (Å²) in [4.78, 5) is 13.8. The molecule has 124 valence electrons. The van der Waals surface area contributed by atoms with Gasteiger partial charge in [0, 0.05) is 6.54 Å². The minimum absolute atomic E-state index is 0.125. The van der Waals surface area contributed by atoms with Crippen molar-refractivity contribution in [1.29, 1.82) is 0 Å². The van der Waals surface area contributed by atoms with E-state index in [1.807, 2.05) is 32.9 Å². The van der Waals surface area contributed by atoms with Gasteiger partial charge in [-0.1, -0.05) is 0 Å². The van der Waals surface area contributed by atoms with Gasteiger partial charge in [-0.15, -0.1) is 0 Å². The van der Waals surface area contributed by atoms with Crippen LogP contribution >= 0.6 is 28.1 Å². The summed E-state index contributed by atoms with van der Waals surface area (Å²) in [6, 6.07) is 3.73. The second-order valence-electron chi connectivity index (χ2n) is 4.73. The van der Waals surface area contributed by atoms with Crippen LogP contribution in [0.2, 0.25) is 0 Å². The van der Waals surface area contributed by atoms with E-state index in [0.717, 1.165) is 10.0 Å². The van der Waals surface area contributed by atoms with Crippen molar-refractivity contribution in [2.75, 3.05) is 19.8 Å². The zero-order valence-corrected chi connectivity index (χ0v) is 15.7. The van der Waals surface area contributed by atoms with E-state index in [1.54, 1.807) is 6.08 Å². The summed E-state index contributed by atoms with van der Waals surface area (Å²) in [6.07, 6.45) is 1.76. The van der Waals surface area contributed by atoms with Gasteiger partial charge in [0.2, 0.25) is 0 Å². The van der Waals surface area contributed by atoms with E-state index in [2.05, 4.69) is 21.2 Å². The van der Waals surface area contributed by atoms with E-state index < -0.39 is 0 Å². The van der Waals surface area contributed by atoms with Crippen molar-refractivity contribution in [2.45, 2.75) is 20.8 Å². The van der Waals surface area contributed by atoms with Gasteiger partial charge in [0.1, 0.15) is 5.70 Å². The summed E-state index contributed by atoms with van der Waals surface area (Å²) in [5.74, 6) is 1.17. The molecule has 23 heavy (non-hydrogen) atoms. The molecule has 1 amide bonds. The molecule has 0 unspecified atom stereocenters.